The minimum atomic E-state index is -0.0271. The first-order chi connectivity index (χ1) is 13.6. The molecular formula is C20H23ClN6O. The standard InChI is InChI=1S/C20H23ClN6O/c1-13-16(21)5-2-6-17(13)23-10-18(28)26-14-4-3-9-27(11-14)20-15-7-8-22-19(15)24-12-25-20/h2,5-8,12,14,23H,3-4,9-11H2,1H3,(H,26,28)(H,22,24,25)/t14-/m0/s1. The van der Waals surface area contributed by atoms with Gasteiger partial charge in [0, 0.05) is 36.0 Å². The first-order valence-electron chi connectivity index (χ1n) is 9.43. The second-order valence-corrected chi connectivity index (χ2v) is 7.46. The summed E-state index contributed by atoms with van der Waals surface area (Å²) in [5.41, 5.74) is 2.65. The molecule has 0 aliphatic carbocycles. The van der Waals surface area contributed by atoms with E-state index in [9.17, 15) is 4.79 Å². The Labute approximate surface area is 168 Å². The number of hydrogen-bond donors (Lipinski definition) is 3. The van der Waals surface area contributed by atoms with Crippen LogP contribution in [0.1, 0.15) is 18.4 Å². The second kappa shape index (κ2) is 8.06. The number of hydrogen-bond acceptors (Lipinski definition) is 5. The fourth-order valence-corrected chi connectivity index (χ4v) is 3.83. The maximum atomic E-state index is 12.4. The summed E-state index contributed by atoms with van der Waals surface area (Å²) in [6.45, 7) is 3.81. The van der Waals surface area contributed by atoms with Gasteiger partial charge in [-0.15, -0.1) is 0 Å². The number of carbonyl (C=O) groups is 1. The minimum absolute atomic E-state index is 0.0271. The lowest BCUT2D eigenvalue weighted by molar-refractivity contribution is -0.120. The largest absolute Gasteiger partial charge is 0.376 e. The van der Waals surface area contributed by atoms with E-state index in [0.29, 0.717) is 5.02 Å². The van der Waals surface area contributed by atoms with Crippen molar-refractivity contribution in [3.8, 4) is 0 Å². The number of nitrogens with one attached hydrogen (secondary N) is 3. The summed E-state index contributed by atoms with van der Waals surface area (Å²) in [4.78, 5) is 26.5. The molecule has 1 aliphatic heterocycles. The van der Waals surface area contributed by atoms with Crippen molar-refractivity contribution in [1.82, 2.24) is 20.3 Å². The molecule has 3 heterocycles. The normalized spacial score (nSPS) is 16.9. The van der Waals surface area contributed by atoms with Crippen LogP contribution in [0.2, 0.25) is 5.02 Å². The zero-order valence-corrected chi connectivity index (χ0v) is 16.5. The molecule has 1 aliphatic rings. The molecule has 0 unspecified atom stereocenters. The van der Waals surface area contributed by atoms with Gasteiger partial charge in [-0.3, -0.25) is 4.79 Å². The molecule has 2 aromatic heterocycles. The Morgan fingerprint density at radius 3 is 3.14 bits per heavy atom. The molecular weight excluding hydrogens is 376 g/mol. The van der Waals surface area contributed by atoms with Crippen molar-refractivity contribution >= 4 is 40.0 Å². The van der Waals surface area contributed by atoms with Gasteiger partial charge in [-0.1, -0.05) is 17.7 Å². The summed E-state index contributed by atoms with van der Waals surface area (Å²) >= 11 is 6.13. The van der Waals surface area contributed by atoms with Gasteiger partial charge < -0.3 is 20.5 Å². The summed E-state index contributed by atoms with van der Waals surface area (Å²) in [6, 6.07) is 7.72. The molecule has 0 spiro atoms. The average Bonchev–Trinajstić information content (AvgIpc) is 3.18. The summed E-state index contributed by atoms with van der Waals surface area (Å²) in [7, 11) is 0. The first kappa shape index (κ1) is 18.6. The minimum Gasteiger partial charge on any atom is -0.376 e. The summed E-state index contributed by atoms with van der Waals surface area (Å²) in [5.74, 6) is 0.888. The number of fused-ring (bicyclic) bond motifs is 1. The van der Waals surface area contributed by atoms with Gasteiger partial charge in [0.15, 0.2) is 0 Å². The predicted molar refractivity (Wildman–Crippen MR) is 112 cm³/mol. The van der Waals surface area contributed by atoms with Crippen molar-refractivity contribution in [2.24, 2.45) is 0 Å². The van der Waals surface area contributed by atoms with Gasteiger partial charge in [0.1, 0.15) is 17.8 Å². The molecule has 0 radical (unpaired) electrons. The Balaban J connectivity index is 1.36. The van der Waals surface area contributed by atoms with E-state index in [1.807, 2.05) is 37.4 Å². The van der Waals surface area contributed by atoms with E-state index >= 15 is 0 Å². The fourth-order valence-electron chi connectivity index (χ4n) is 3.65. The van der Waals surface area contributed by atoms with E-state index in [4.69, 9.17) is 11.6 Å². The molecule has 0 saturated carbocycles. The van der Waals surface area contributed by atoms with Crippen LogP contribution in [0.25, 0.3) is 11.0 Å². The molecule has 1 fully saturated rings. The van der Waals surface area contributed by atoms with Crippen LogP contribution in [0, 0.1) is 6.92 Å². The highest BCUT2D eigenvalue weighted by atomic mass is 35.5. The van der Waals surface area contributed by atoms with Gasteiger partial charge in [0.05, 0.1) is 11.9 Å². The van der Waals surface area contributed by atoms with Crippen LogP contribution in [-0.4, -0.2) is 46.5 Å². The van der Waals surface area contributed by atoms with Crippen LogP contribution in [0.4, 0.5) is 11.5 Å². The lowest BCUT2D eigenvalue weighted by Gasteiger charge is -2.34. The van der Waals surface area contributed by atoms with Crippen molar-refractivity contribution in [2.75, 3.05) is 29.9 Å². The first-order valence-corrected chi connectivity index (χ1v) is 9.81. The summed E-state index contributed by atoms with van der Waals surface area (Å²) in [5, 5.41) is 8.01. The molecule has 1 saturated heterocycles. The van der Waals surface area contributed by atoms with Crippen LogP contribution >= 0.6 is 11.6 Å². The van der Waals surface area contributed by atoms with Crippen LogP contribution < -0.4 is 15.5 Å². The van der Waals surface area contributed by atoms with Gasteiger partial charge in [-0.05, 0) is 43.5 Å². The Hall–Kier alpha value is -2.80. The van der Waals surface area contributed by atoms with Crippen molar-refractivity contribution in [1.29, 1.82) is 0 Å². The highest BCUT2D eigenvalue weighted by Gasteiger charge is 2.23. The van der Waals surface area contributed by atoms with Crippen molar-refractivity contribution in [3.05, 3.63) is 47.4 Å². The summed E-state index contributed by atoms with van der Waals surface area (Å²) in [6.07, 6.45) is 5.41. The van der Waals surface area contributed by atoms with Gasteiger partial charge in [-0.2, -0.15) is 0 Å². The number of nitrogens with zero attached hydrogens (tertiary/aromatic N) is 3. The molecule has 1 amide bonds. The van der Waals surface area contributed by atoms with E-state index in [-0.39, 0.29) is 18.5 Å². The predicted octanol–water partition coefficient (Wildman–Crippen LogP) is 3.12. The monoisotopic (exact) mass is 398 g/mol. The molecule has 28 heavy (non-hydrogen) atoms. The fraction of sp³-hybridized carbons (Fsp3) is 0.350. The number of aromatic nitrogens is 3. The van der Waals surface area contributed by atoms with E-state index in [1.54, 1.807) is 6.33 Å². The number of piperidine rings is 1. The Morgan fingerprint density at radius 2 is 2.25 bits per heavy atom. The number of amides is 1. The maximum Gasteiger partial charge on any atom is 0.239 e. The second-order valence-electron chi connectivity index (χ2n) is 7.06. The summed E-state index contributed by atoms with van der Waals surface area (Å²) < 4.78 is 0. The molecule has 4 rings (SSSR count). The van der Waals surface area contributed by atoms with E-state index in [0.717, 1.165) is 54.0 Å². The maximum absolute atomic E-state index is 12.4. The van der Waals surface area contributed by atoms with Gasteiger partial charge in [0.25, 0.3) is 0 Å². The highest BCUT2D eigenvalue weighted by molar-refractivity contribution is 6.31. The van der Waals surface area contributed by atoms with Crippen LogP contribution in [0.3, 0.4) is 0 Å². The molecule has 1 aromatic carbocycles. The molecule has 8 heteroatoms. The highest BCUT2D eigenvalue weighted by Crippen LogP contribution is 2.25. The molecule has 7 nitrogen and oxygen atoms in total. The lowest BCUT2D eigenvalue weighted by atomic mass is 10.1. The molecule has 0 bridgehead atoms. The molecule has 146 valence electrons. The van der Waals surface area contributed by atoms with Crippen molar-refractivity contribution in [3.63, 3.8) is 0 Å². The van der Waals surface area contributed by atoms with Crippen LogP contribution in [0.5, 0.6) is 0 Å². The van der Waals surface area contributed by atoms with E-state index < -0.39 is 0 Å². The van der Waals surface area contributed by atoms with E-state index in [1.165, 1.54) is 0 Å². The SMILES string of the molecule is Cc1c(Cl)cccc1NCC(=O)N[C@H]1CCCN(c2ncnc3[nH]ccc23)C1. The Morgan fingerprint density at radius 1 is 1.36 bits per heavy atom. The smallest absolute Gasteiger partial charge is 0.239 e. The molecule has 1 atom stereocenters. The number of carbonyl (C=O) groups excluding carboxylic acids is 1. The number of anilines is 2. The molecule has 3 N–H and O–H groups in total. The Bertz CT molecular complexity index is 988. The average molecular weight is 399 g/mol. The zero-order valence-electron chi connectivity index (χ0n) is 15.7. The molecule has 3 aromatic rings. The number of rotatable bonds is 5. The number of H-pyrrole nitrogens is 1. The number of benzene rings is 1. The van der Waals surface area contributed by atoms with Crippen molar-refractivity contribution < 1.29 is 4.79 Å². The quantitative estimate of drug-likeness (QED) is 0.614. The van der Waals surface area contributed by atoms with Gasteiger partial charge >= 0.3 is 0 Å². The van der Waals surface area contributed by atoms with Crippen LogP contribution in [0.15, 0.2) is 36.8 Å². The third kappa shape index (κ3) is 3.89. The number of halogens is 1. The zero-order chi connectivity index (χ0) is 19.5. The van der Waals surface area contributed by atoms with Gasteiger partial charge in [0.2, 0.25) is 5.91 Å². The van der Waals surface area contributed by atoms with Crippen LogP contribution in [-0.2, 0) is 4.79 Å². The van der Waals surface area contributed by atoms with Gasteiger partial charge in [-0.25, -0.2) is 9.97 Å². The third-order valence-electron chi connectivity index (χ3n) is 5.13. The third-order valence-corrected chi connectivity index (χ3v) is 5.54. The van der Waals surface area contributed by atoms with Crippen molar-refractivity contribution in [2.45, 2.75) is 25.8 Å². The number of aromatic amines is 1. The topological polar surface area (TPSA) is 85.9 Å². The lowest BCUT2D eigenvalue weighted by Crippen LogP contribution is -2.49. The van der Waals surface area contributed by atoms with E-state index in [2.05, 4.69) is 30.5 Å². The Kier molecular flexibility index (Phi) is 5.34.